The molecule has 0 saturated heterocycles. The highest BCUT2D eigenvalue weighted by Crippen LogP contribution is 2.27. The van der Waals surface area contributed by atoms with E-state index in [1.165, 1.54) is 7.11 Å². The topological polar surface area (TPSA) is 78.7 Å². The first-order chi connectivity index (χ1) is 12.5. The summed E-state index contributed by atoms with van der Waals surface area (Å²) < 4.78 is 10.5. The van der Waals surface area contributed by atoms with Crippen LogP contribution in [0.5, 0.6) is 11.5 Å². The molecule has 0 fully saturated rings. The zero-order valence-corrected chi connectivity index (χ0v) is 15.8. The van der Waals surface area contributed by atoms with E-state index in [-0.39, 0.29) is 6.61 Å². The smallest absolute Gasteiger partial charge is 0.191 e. The van der Waals surface area contributed by atoms with Gasteiger partial charge in [-0.3, -0.25) is 5.43 Å². The van der Waals surface area contributed by atoms with Crippen LogP contribution in [0, 0.1) is 18.3 Å². The van der Waals surface area contributed by atoms with Crippen molar-refractivity contribution in [1.29, 1.82) is 5.26 Å². The Hall–Kier alpha value is -2.82. The molecular weight excluding hydrogens is 372 g/mol. The van der Waals surface area contributed by atoms with Gasteiger partial charge in [0.2, 0.25) is 0 Å². The van der Waals surface area contributed by atoms with Gasteiger partial charge in [-0.25, -0.2) is 0 Å². The maximum Gasteiger partial charge on any atom is 0.191 e. The number of ether oxygens (including phenoxy) is 2. The Morgan fingerprint density at radius 1 is 1.35 bits per heavy atom. The van der Waals surface area contributed by atoms with E-state index in [2.05, 4.69) is 15.8 Å². The SMILES string of the molecule is COc1cc(/C=N/NC(=S)Nc2cccc(Cl)c2C)ccc1OCC#N. The van der Waals surface area contributed by atoms with Gasteiger partial charge in [-0.05, 0) is 60.6 Å². The van der Waals surface area contributed by atoms with Crippen LogP contribution in [0.3, 0.4) is 0 Å². The van der Waals surface area contributed by atoms with Crippen LogP contribution < -0.4 is 20.2 Å². The molecule has 0 radical (unpaired) electrons. The number of methoxy groups -OCH3 is 1. The number of hydrazone groups is 1. The number of hydrogen-bond acceptors (Lipinski definition) is 5. The fourth-order valence-corrected chi connectivity index (χ4v) is 2.39. The highest BCUT2D eigenvalue weighted by Gasteiger charge is 2.05. The summed E-state index contributed by atoms with van der Waals surface area (Å²) in [6, 6.07) is 12.7. The Morgan fingerprint density at radius 2 is 2.15 bits per heavy atom. The summed E-state index contributed by atoms with van der Waals surface area (Å²) >= 11 is 11.3. The molecule has 0 bridgehead atoms. The normalized spacial score (nSPS) is 10.2. The van der Waals surface area contributed by atoms with Crippen molar-refractivity contribution in [3.05, 3.63) is 52.5 Å². The summed E-state index contributed by atoms with van der Waals surface area (Å²) in [5, 5.41) is 16.7. The molecule has 2 rings (SSSR count). The van der Waals surface area contributed by atoms with Crippen LogP contribution in [-0.2, 0) is 0 Å². The Kier molecular flexibility index (Phi) is 7.21. The second-order valence-electron chi connectivity index (χ2n) is 5.09. The number of benzene rings is 2. The molecule has 0 spiro atoms. The summed E-state index contributed by atoms with van der Waals surface area (Å²) in [4.78, 5) is 0. The molecule has 134 valence electrons. The molecule has 0 aliphatic rings. The van der Waals surface area contributed by atoms with Gasteiger partial charge in [0.15, 0.2) is 23.2 Å². The molecular formula is C18H17ClN4O2S. The van der Waals surface area contributed by atoms with E-state index in [0.717, 1.165) is 16.8 Å². The van der Waals surface area contributed by atoms with Crippen LogP contribution >= 0.6 is 23.8 Å². The number of hydrogen-bond donors (Lipinski definition) is 2. The zero-order valence-electron chi connectivity index (χ0n) is 14.2. The van der Waals surface area contributed by atoms with Gasteiger partial charge in [-0.15, -0.1) is 0 Å². The third-order valence-corrected chi connectivity index (χ3v) is 3.98. The summed E-state index contributed by atoms with van der Waals surface area (Å²) in [5.41, 5.74) is 5.24. The molecule has 2 aromatic rings. The standard InChI is InChI=1S/C18H17ClN4O2S/c1-12-14(19)4-3-5-15(12)22-18(26)23-21-11-13-6-7-16(25-9-8-20)17(10-13)24-2/h3-7,10-11H,9H2,1-2H3,(H2,22,23,26)/b21-11+. The van der Waals surface area contributed by atoms with Crippen LogP contribution in [0.15, 0.2) is 41.5 Å². The average Bonchev–Trinajstić information content (AvgIpc) is 2.64. The van der Waals surface area contributed by atoms with Crippen molar-refractivity contribution < 1.29 is 9.47 Å². The van der Waals surface area contributed by atoms with Gasteiger partial charge in [-0.1, -0.05) is 17.7 Å². The van der Waals surface area contributed by atoms with Crippen molar-refractivity contribution in [2.45, 2.75) is 6.92 Å². The summed E-state index contributed by atoms with van der Waals surface area (Å²) in [6.07, 6.45) is 1.59. The molecule has 0 aliphatic heterocycles. The predicted octanol–water partition coefficient (Wildman–Crippen LogP) is 3.88. The van der Waals surface area contributed by atoms with Crippen molar-refractivity contribution in [3.8, 4) is 17.6 Å². The van der Waals surface area contributed by atoms with Crippen LogP contribution in [-0.4, -0.2) is 25.0 Å². The Bertz CT molecular complexity index is 865. The summed E-state index contributed by atoms with van der Waals surface area (Å²) in [6.45, 7) is 1.85. The van der Waals surface area contributed by atoms with E-state index in [9.17, 15) is 0 Å². The van der Waals surface area contributed by atoms with Gasteiger partial charge in [0.1, 0.15) is 6.07 Å². The van der Waals surface area contributed by atoms with Crippen molar-refractivity contribution >= 4 is 40.8 Å². The van der Waals surface area contributed by atoms with E-state index in [1.807, 2.05) is 31.2 Å². The maximum atomic E-state index is 8.58. The van der Waals surface area contributed by atoms with E-state index >= 15 is 0 Å². The number of thiocarbonyl (C=S) groups is 1. The molecule has 26 heavy (non-hydrogen) atoms. The molecule has 0 amide bonds. The van der Waals surface area contributed by atoms with Crippen LogP contribution in [0.1, 0.15) is 11.1 Å². The Morgan fingerprint density at radius 3 is 2.88 bits per heavy atom. The first-order valence-electron chi connectivity index (χ1n) is 7.58. The average molecular weight is 389 g/mol. The molecule has 0 unspecified atom stereocenters. The molecule has 6 nitrogen and oxygen atoms in total. The quantitative estimate of drug-likeness (QED) is 0.444. The van der Waals surface area contributed by atoms with Crippen LogP contribution in [0.25, 0.3) is 0 Å². The number of halogens is 1. The lowest BCUT2D eigenvalue weighted by Gasteiger charge is -2.11. The van der Waals surface area contributed by atoms with Gasteiger partial charge in [-0.2, -0.15) is 10.4 Å². The number of rotatable bonds is 6. The highest BCUT2D eigenvalue weighted by atomic mass is 35.5. The highest BCUT2D eigenvalue weighted by molar-refractivity contribution is 7.80. The minimum Gasteiger partial charge on any atom is -0.493 e. The third kappa shape index (κ3) is 5.34. The summed E-state index contributed by atoms with van der Waals surface area (Å²) in [5.74, 6) is 1.01. The monoisotopic (exact) mass is 388 g/mol. The van der Waals surface area contributed by atoms with Gasteiger partial charge in [0, 0.05) is 10.7 Å². The van der Waals surface area contributed by atoms with E-state index in [1.54, 1.807) is 24.4 Å². The van der Waals surface area contributed by atoms with Gasteiger partial charge in [0.25, 0.3) is 0 Å². The van der Waals surface area contributed by atoms with E-state index < -0.39 is 0 Å². The van der Waals surface area contributed by atoms with Gasteiger partial charge in [0.05, 0.1) is 13.3 Å². The maximum absolute atomic E-state index is 8.58. The largest absolute Gasteiger partial charge is 0.493 e. The minimum absolute atomic E-state index is 0.0474. The second kappa shape index (κ2) is 9.61. The van der Waals surface area contributed by atoms with E-state index in [4.69, 9.17) is 38.6 Å². The molecule has 0 heterocycles. The van der Waals surface area contributed by atoms with Gasteiger partial charge >= 0.3 is 0 Å². The number of nitriles is 1. The third-order valence-electron chi connectivity index (χ3n) is 3.38. The zero-order chi connectivity index (χ0) is 18.9. The second-order valence-corrected chi connectivity index (χ2v) is 5.91. The minimum atomic E-state index is -0.0474. The Balaban J connectivity index is 1.98. The van der Waals surface area contributed by atoms with Crippen molar-refractivity contribution in [3.63, 3.8) is 0 Å². The Labute approximate surface area is 162 Å². The lowest BCUT2D eigenvalue weighted by atomic mass is 10.2. The van der Waals surface area contributed by atoms with Gasteiger partial charge < -0.3 is 14.8 Å². The number of anilines is 1. The fraction of sp³-hybridized carbons (Fsp3) is 0.167. The fourth-order valence-electron chi connectivity index (χ4n) is 2.05. The van der Waals surface area contributed by atoms with Crippen LogP contribution in [0.2, 0.25) is 5.02 Å². The lowest BCUT2D eigenvalue weighted by Crippen LogP contribution is -2.24. The first-order valence-corrected chi connectivity index (χ1v) is 8.36. The predicted molar refractivity (Wildman–Crippen MR) is 107 cm³/mol. The molecule has 8 heteroatoms. The molecule has 0 aliphatic carbocycles. The molecule has 0 saturated carbocycles. The number of nitrogens with one attached hydrogen (secondary N) is 2. The van der Waals surface area contributed by atoms with Crippen LogP contribution in [0.4, 0.5) is 5.69 Å². The molecule has 2 aromatic carbocycles. The van der Waals surface area contributed by atoms with Crippen molar-refractivity contribution in [1.82, 2.24) is 5.43 Å². The summed E-state index contributed by atoms with van der Waals surface area (Å²) in [7, 11) is 1.53. The van der Waals surface area contributed by atoms with E-state index in [0.29, 0.717) is 21.6 Å². The lowest BCUT2D eigenvalue weighted by molar-refractivity contribution is 0.329. The van der Waals surface area contributed by atoms with Crippen molar-refractivity contribution in [2.24, 2.45) is 5.10 Å². The number of nitrogens with zero attached hydrogens (tertiary/aromatic N) is 2. The molecule has 2 N–H and O–H groups in total. The first kappa shape index (κ1) is 19.5. The molecule has 0 atom stereocenters. The van der Waals surface area contributed by atoms with Crippen molar-refractivity contribution in [2.75, 3.05) is 19.0 Å². The molecule has 0 aromatic heterocycles.